The van der Waals surface area contributed by atoms with Gasteiger partial charge in [0.1, 0.15) is 6.04 Å². The SMILES string of the molecule is O=C(CCNC(c1ccccc1)C(F)(F)F)N1CCCC1. The Balaban J connectivity index is 1.89. The Morgan fingerprint density at radius 1 is 1.19 bits per heavy atom. The highest BCUT2D eigenvalue weighted by Gasteiger charge is 2.40. The van der Waals surface area contributed by atoms with Crippen LogP contribution < -0.4 is 5.32 Å². The first-order valence-corrected chi connectivity index (χ1v) is 7.11. The van der Waals surface area contributed by atoms with Gasteiger partial charge in [-0.1, -0.05) is 30.3 Å². The number of likely N-dealkylation sites (tertiary alicyclic amines) is 1. The summed E-state index contributed by atoms with van der Waals surface area (Å²) in [7, 11) is 0. The first-order valence-electron chi connectivity index (χ1n) is 7.11. The maximum atomic E-state index is 13.1. The zero-order chi connectivity index (χ0) is 15.3. The van der Waals surface area contributed by atoms with Gasteiger partial charge in [0, 0.05) is 26.1 Å². The molecule has 1 N–H and O–H groups in total. The van der Waals surface area contributed by atoms with E-state index in [0.29, 0.717) is 0 Å². The van der Waals surface area contributed by atoms with Crippen LogP contribution in [0.2, 0.25) is 0 Å². The van der Waals surface area contributed by atoms with Crippen molar-refractivity contribution in [3.63, 3.8) is 0 Å². The fourth-order valence-electron chi connectivity index (χ4n) is 2.52. The molecule has 0 aliphatic carbocycles. The molecule has 1 atom stereocenters. The second-order valence-corrected chi connectivity index (χ2v) is 5.18. The quantitative estimate of drug-likeness (QED) is 0.907. The Hall–Kier alpha value is -1.56. The highest BCUT2D eigenvalue weighted by molar-refractivity contribution is 5.76. The Labute approximate surface area is 122 Å². The first kappa shape index (κ1) is 15.8. The Kier molecular flexibility index (Phi) is 5.22. The van der Waals surface area contributed by atoms with Crippen molar-refractivity contribution in [2.75, 3.05) is 19.6 Å². The summed E-state index contributed by atoms with van der Waals surface area (Å²) < 4.78 is 39.2. The number of hydrogen-bond acceptors (Lipinski definition) is 2. The maximum Gasteiger partial charge on any atom is 0.407 e. The average Bonchev–Trinajstić information content (AvgIpc) is 2.97. The molecule has 1 unspecified atom stereocenters. The second-order valence-electron chi connectivity index (χ2n) is 5.18. The number of alkyl halides is 3. The lowest BCUT2D eigenvalue weighted by molar-refractivity contribution is -0.158. The van der Waals surface area contributed by atoms with Gasteiger partial charge in [0.2, 0.25) is 5.91 Å². The van der Waals surface area contributed by atoms with Gasteiger partial charge < -0.3 is 10.2 Å². The van der Waals surface area contributed by atoms with Crippen LogP contribution in [-0.2, 0) is 4.79 Å². The van der Waals surface area contributed by atoms with E-state index in [0.717, 1.165) is 25.9 Å². The highest BCUT2D eigenvalue weighted by Crippen LogP contribution is 2.32. The molecule has 0 spiro atoms. The minimum Gasteiger partial charge on any atom is -0.343 e. The summed E-state index contributed by atoms with van der Waals surface area (Å²) in [5.74, 6) is -0.0750. The van der Waals surface area contributed by atoms with Crippen LogP contribution in [0.4, 0.5) is 13.2 Å². The van der Waals surface area contributed by atoms with Crippen molar-refractivity contribution in [3.05, 3.63) is 35.9 Å². The number of carbonyl (C=O) groups is 1. The van der Waals surface area contributed by atoms with E-state index in [1.54, 1.807) is 23.1 Å². The number of nitrogens with zero attached hydrogens (tertiary/aromatic N) is 1. The van der Waals surface area contributed by atoms with Crippen molar-refractivity contribution < 1.29 is 18.0 Å². The summed E-state index contributed by atoms with van der Waals surface area (Å²) in [6.07, 6.45) is -2.32. The molecule has 1 fully saturated rings. The van der Waals surface area contributed by atoms with Gasteiger partial charge in [-0.3, -0.25) is 4.79 Å². The smallest absolute Gasteiger partial charge is 0.343 e. The van der Waals surface area contributed by atoms with E-state index in [9.17, 15) is 18.0 Å². The Morgan fingerprint density at radius 3 is 2.38 bits per heavy atom. The molecule has 1 aromatic carbocycles. The van der Waals surface area contributed by atoms with E-state index in [1.807, 2.05) is 0 Å². The number of rotatable bonds is 5. The summed E-state index contributed by atoms with van der Waals surface area (Å²) in [5, 5.41) is 2.46. The van der Waals surface area contributed by atoms with Crippen molar-refractivity contribution in [2.24, 2.45) is 0 Å². The topological polar surface area (TPSA) is 32.3 Å². The van der Waals surface area contributed by atoms with Crippen molar-refractivity contribution in [1.82, 2.24) is 10.2 Å². The number of halogens is 3. The molecular weight excluding hydrogens is 281 g/mol. The summed E-state index contributed by atoms with van der Waals surface area (Å²) in [5.41, 5.74) is 0.165. The van der Waals surface area contributed by atoms with Crippen LogP contribution in [0.5, 0.6) is 0 Å². The van der Waals surface area contributed by atoms with Crippen molar-refractivity contribution in [1.29, 1.82) is 0 Å². The van der Waals surface area contributed by atoms with E-state index < -0.39 is 12.2 Å². The van der Waals surface area contributed by atoms with Gasteiger partial charge in [0.15, 0.2) is 0 Å². The van der Waals surface area contributed by atoms with Gasteiger partial charge in [0.25, 0.3) is 0 Å². The van der Waals surface area contributed by atoms with E-state index in [1.165, 1.54) is 12.1 Å². The standard InChI is InChI=1S/C15H19F3N2O/c16-15(17,18)14(12-6-2-1-3-7-12)19-9-8-13(21)20-10-4-5-11-20/h1-3,6-7,14,19H,4-5,8-11H2. The largest absolute Gasteiger partial charge is 0.407 e. The molecule has 1 saturated heterocycles. The monoisotopic (exact) mass is 300 g/mol. The lowest BCUT2D eigenvalue weighted by Gasteiger charge is -2.23. The van der Waals surface area contributed by atoms with Crippen molar-refractivity contribution in [3.8, 4) is 0 Å². The fourth-order valence-corrected chi connectivity index (χ4v) is 2.52. The zero-order valence-corrected chi connectivity index (χ0v) is 11.7. The third-order valence-corrected chi connectivity index (χ3v) is 3.61. The summed E-state index contributed by atoms with van der Waals surface area (Å²) in [4.78, 5) is 13.5. The van der Waals surface area contributed by atoms with Crippen molar-refractivity contribution in [2.45, 2.75) is 31.5 Å². The Bertz CT molecular complexity index is 456. The third kappa shape index (κ3) is 4.46. The number of hydrogen-bond donors (Lipinski definition) is 1. The van der Waals surface area contributed by atoms with E-state index in [4.69, 9.17) is 0 Å². The van der Waals surface area contributed by atoms with Gasteiger partial charge in [0.05, 0.1) is 0 Å². The van der Waals surface area contributed by atoms with Crippen LogP contribution in [0.25, 0.3) is 0 Å². The van der Waals surface area contributed by atoms with Crippen LogP contribution in [0.3, 0.4) is 0 Å². The fraction of sp³-hybridized carbons (Fsp3) is 0.533. The molecule has 1 heterocycles. The van der Waals surface area contributed by atoms with Crippen LogP contribution in [0.15, 0.2) is 30.3 Å². The highest BCUT2D eigenvalue weighted by atomic mass is 19.4. The summed E-state index contributed by atoms with van der Waals surface area (Å²) >= 11 is 0. The summed E-state index contributed by atoms with van der Waals surface area (Å²) in [6.45, 7) is 1.47. The molecule has 0 bridgehead atoms. The Morgan fingerprint density at radius 2 is 1.81 bits per heavy atom. The summed E-state index contributed by atoms with van der Waals surface area (Å²) in [6, 6.07) is 5.97. The molecule has 21 heavy (non-hydrogen) atoms. The minimum atomic E-state index is -4.38. The maximum absolute atomic E-state index is 13.1. The zero-order valence-electron chi connectivity index (χ0n) is 11.7. The molecule has 6 heteroatoms. The van der Waals surface area contributed by atoms with E-state index in [-0.39, 0.29) is 24.4 Å². The molecule has 1 aliphatic heterocycles. The lowest BCUT2D eigenvalue weighted by Crippen LogP contribution is -2.37. The van der Waals surface area contributed by atoms with Gasteiger partial charge in [-0.25, -0.2) is 0 Å². The molecule has 0 saturated carbocycles. The predicted molar refractivity (Wildman–Crippen MR) is 73.7 cm³/mol. The van der Waals surface area contributed by atoms with Crippen LogP contribution in [0, 0.1) is 0 Å². The van der Waals surface area contributed by atoms with Crippen molar-refractivity contribution >= 4 is 5.91 Å². The molecule has 0 aromatic heterocycles. The predicted octanol–water partition coefficient (Wildman–Crippen LogP) is 2.89. The molecular formula is C15H19F3N2O. The van der Waals surface area contributed by atoms with Crippen LogP contribution >= 0.6 is 0 Å². The van der Waals surface area contributed by atoms with Gasteiger partial charge in [-0.15, -0.1) is 0 Å². The molecule has 1 aliphatic rings. The van der Waals surface area contributed by atoms with Gasteiger partial charge in [-0.05, 0) is 18.4 Å². The second kappa shape index (κ2) is 6.93. The number of benzene rings is 1. The third-order valence-electron chi connectivity index (χ3n) is 3.61. The number of amides is 1. The minimum absolute atomic E-state index is 0.0222. The average molecular weight is 300 g/mol. The molecule has 0 radical (unpaired) electrons. The van der Waals surface area contributed by atoms with Crippen LogP contribution in [0.1, 0.15) is 30.9 Å². The lowest BCUT2D eigenvalue weighted by atomic mass is 10.1. The number of carbonyl (C=O) groups excluding carboxylic acids is 1. The van der Waals surface area contributed by atoms with Gasteiger partial charge >= 0.3 is 6.18 Å². The van der Waals surface area contributed by atoms with Gasteiger partial charge in [-0.2, -0.15) is 13.2 Å². The molecule has 2 rings (SSSR count). The van der Waals surface area contributed by atoms with Crippen LogP contribution in [-0.4, -0.2) is 36.6 Å². The molecule has 1 amide bonds. The molecule has 3 nitrogen and oxygen atoms in total. The normalized spacial score (nSPS) is 17.0. The van der Waals surface area contributed by atoms with E-state index in [2.05, 4.69) is 5.32 Å². The molecule has 1 aromatic rings. The first-order chi connectivity index (χ1) is 9.98. The molecule has 116 valence electrons. The van der Waals surface area contributed by atoms with E-state index >= 15 is 0 Å². The number of nitrogens with one attached hydrogen (secondary N) is 1.